The van der Waals surface area contributed by atoms with Crippen molar-refractivity contribution in [2.45, 2.75) is 33.0 Å². The second-order valence-electron chi connectivity index (χ2n) is 3.17. The number of rotatable bonds is 1. The van der Waals surface area contributed by atoms with Gasteiger partial charge in [0, 0.05) is 11.7 Å². The van der Waals surface area contributed by atoms with Crippen molar-refractivity contribution in [3.8, 4) is 0 Å². The molecule has 1 aromatic carbocycles. The Morgan fingerprint density at radius 3 is 2.00 bits per heavy atom. The van der Waals surface area contributed by atoms with Gasteiger partial charge >= 0.3 is 6.18 Å². The molecule has 0 aliphatic heterocycles. The second-order valence-corrected chi connectivity index (χ2v) is 3.17. The summed E-state index contributed by atoms with van der Waals surface area (Å²) in [6.07, 6.45) is -4.38. The number of benzene rings is 1. The number of hydrogen-bond donors (Lipinski definition) is 2. The van der Waals surface area contributed by atoms with Crippen LogP contribution in [0, 0.1) is 0 Å². The van der Waals surface area contributed by atoms with Crippen LogP contribution in [0.3, 0.4) is 0 Å². The summed E-state index contributed by atoms with van der Waals surface area (Å²) in [5, 5.41) is 0. The Morgan fingerprint density at radius 1 is 1.12 bits per heavy atom. The molecule has 2 nitrogen and oxygen atoms in total. The van der Waals surface area contributed by atoms with Gasteiger partial charge in [-0.3, -0.25) is 0 Å². The lowest BCUT2D eigenvalue weighted by molar-refractivity contribution is -0.137. The molecule has 0 bridgehead atoms. The SMILES string of the molecule is CC.C[C@@H](N)c1cc(N)cc(C(F)(F)F)c1. The summed E-state index contributed by atoms with van der Waals surface area (Å²) in [5.74, 6) is 0. The van der Waals surface area contributed by atoms with Gasteiger partial charge < -0.3 is 11.5 Å². The molecule has 4 N–H and O–H groups in total. The Hall–Kier alpha value is -1.23. The maximum atomic E-state index is 12.3. The van der Waals surface area contributed by atoms with E-state index >= 15 is 0 Å². The lowest BCUT2D eigenvalue weighted by Crippen LogP contribution is -2.10. The van der Waals surface area contributed by atoms with Gasteiger partial charge in [0.05, 0.1) is 5.56 Å². The molecule has 0 aliphatic carbocycles. The van der Waals surface area contributed by atoms with Crippen LogP contribution in [0.15, 0.2) is 18.2 Å². The van der Waals surface area contributed by atoms with Crippen LogP contribution in [0.5, 0.6) is 0 Å². The van der Waals surface area contributed by atoms with E-state index in [9.17, 15) is 13.2 Å². The van der Waals surface area contributed by atoms with Crippen LogP contribution in [0.4, 0.5) is 18.9 Å². The minimum Gasteiger partial charge on any atom is -0.399 e. The average molecular weight is 234 g/mol. The van der Waals surface area contributed by atoms with Crippen molar-refractivity contribution >= 4 is 5.69 Å². The molecule has 1 rings (SSSR count). The average Bonchev–Trinajstić information content (AvgIpc) is 2.18. The summed E-state index contributed by atoms with van der Waals surface area (Å²) >= 11 is 0. The minimum atomic E-state index is -4.38. The molecule has 5 heteroatoms. The molecular weight excluding hydrogens is 217 g/mol. The smallest absolute Gasteiger partial charge is 0.399 e. The molecule has 1 atom stereocenters. The van der Waals surface area contributed by atoms with E-state index in [0.717, 1.165) is 12.1 Å². The van der Waals surface area contributed by atoms with Gasteiger partial charge in [-0.15, -0.1) is 0 Å². The van der Waals surface area contributed by atoms with Crippen molar-refractivity contribution in [1.29, 1.82) is 0 Å². The Balaban J connectivity index is 0.00000106. The lowest BCUT2D eigenvalue weighted by atomic mass is 10.0. The van der Waals surface area contributed by atoms with Gasteiger partial charge in [0.15, 0.2) is 0 Å². The molecule has 0 amide bonds. The topological polar surface area (TPSA) is 52.0 Å². The first-order valence-corrected chi connectivity index (χ1v) is 5.04. The van der Waals surface area contributed by atoms with Gasteiger partial charge in [0.2, 0.25) is 0 Å². The van der Waals surface area contributed by atoms with Crippen molar-refractivity contribution in [2.75, 3.05) is 5.73 Å². The van der Waals surface area contributed by atoms with Crippen molar-refractivity contribution < 1.29 is 13.2 Å². The van der Waals surface area contributed by atoms with E-state index in [4.69, 9.17) is 11.5 Å². The standard InChI is InChI=1S/C9H11F3N2.C2H6/c1-5(13)6-2-7(9(10,11)12)4-8(14)3-6;1-2/h2-5H,13-14H2,1H3;1-2H3/t5-;/m1./s1. The lowest BCUT2D eigenvalue weighted by Gasteiger charge is -2.12. The van der Waals surface area contributed by atoms with E-state index in [-0.39, 0.29) is 5.69 Å². The zero-order valence-corrected chi connectivity index (χ0v) is 9.60. The molecule has 0 aromatic heterocycles. The zero-order chi connectivity index (χ0) is 12.9. The molecule has 0 fully saturated rings. The monoisotopic (exact) mass is 234 g/mol. The second kappa shape index (κ2) is 5.75. The Kier molecular flexibility index (Phi) is 5.30. The molecule has 1 aromatic rings. The number of anilines is 1. The number of alkyl halides is 3. The first-order chi connectivity index (χ1) is 7.30. The molecule has 16 heavy (non-hydrogen) atoms. The van der Waals surface area contributed by atoms with Gasteiger partial charge in [-0.05, 0) is 30.7 Å². The van der Waals surface area contributed by atoms with Crippen molar-refractivity contribution in [3.05, 3.63) is 29.3 Å². The van der Waals surface area contributed by atoms with E-state index in [1.54, 1.807) is 6.92 Å². The zero-order valence-electron chi connectivity index (χ0n) is 9.60. The third-order valence-electron chi connectivity index (χ3n) is 1.83. The third kappa shape index (κ3) is 4.10. The third-order valence-corrected chi connectivity index (χ3v) is 1.83. The van der Waals surface area contributed by atoms with E-state index in [2.05, 4.69) is 0 Å². The Labute approximate surface area is 93.4 Å². The van der Waals surface area contributed by atoms with E-state index in [0.29, 0.717) is 5.56 Å². The summed E-state index contributed by atoms with van der Waals surface area (Å²) in [7, 11) is 0. The van der Waals surface area contributed by atoms with Gasteiger partial charge in [-0.1, -0.05) is 13.8 Å². The molecule has 0 aliphatic rings. The number of nitrogens with two attached hydrogens (primary N) is 2. The van der Waals surface area contributed by atoms with Crippen LogP contribution in [0.1, 0.15) is 37.9 Å². The van der Waals surface area contributed by atoms with Crippen molar-refractivity contribution in [2.24, 2.45) is 5.73 Å². The van der Waals surface area contributed by atoms with Gasteiger partial charge in [0.1, 0.15) is 0 Å². The fourth-order valence-electron chi connectivity index (χ4n) is 1.10. The Bertz CT molecular complexity index is 332. The predicted octanol–water partition coefficient (Wildman–Crippen LogP) is 3.33. The van der Waals surface area contributed by atoms with E-state index < -0.39 is 17.8 Å². The number of hydrogen-bond acceptors (Lipinski definition) is 2. The molecule has 0 saturated carbocycles. The summed E-state index contributed by atoms with van der Waals surface area (Å²) in [5.41, 5.74) is 10.5. The first-order valence-electron chi connectivity index (χ1n) is 5.04. The summed E-state index contributed by atoms with van der Waals surface area (Å²) < 4.78 is 36.9. The summed E-state index contributed by atoms with van der Waals surface area (Å²) in [6.45, 7) is 5.61. The normalized spacial score (nSPS) is 12.7. The van der Waals surface area contributed by atoms with Gasteiger partial charge in [-0.25, -0.2) is 0 Å². The van der Waals surface area contributed by atoms with Gasteiger partial charge in [-0.2, -0.15) is 13.2 Å². The van der Waals surface area contributed by atoms with Gasteiger partial charge in [0.25, 0.3) is 0 Å². The highest BCUT2D eigenvalue weighted by molar-refractivity contribution is 5.46. The highest BCUT2D eigenvalue weighted by Gasteiger charge is 2.31. The van der Waals surface area contributed by atoms with E-state index in [1.165, 1.54) is 6.07 Å². The maximum absolute atomic E-state index is 12.3. The van der Waals surface area contributed by atoms with Crippen LogP contribution in [0.25, 0.3) is 0 Å². The highest BCUT2D eigenvalue weighted by Crippen LogP contribution is 2.32. The molecule has 0 radical (unpaired) electrons. The van der Waals surface area contributed by atoms with Crippen LogP contribution < -0.4 is 11.5 Å². The van der Waals surface area contributed by atoms with Crippen molar-refractivity contribution in [3.63, 3.8) is 0 Å². The quantitative estimate of drug-likeness (QED) is 0.732. The molecule has 0 spiro atoms. The van der Waals surface area contributed by atoms with Crippen LogP contribution in [-0.4, -0.2) is 0 Å². The molecule has 92 valence electrons. The predicted molar refractivity (Wildman–Crippen MR) is 59.8 cm³/mol. The summed E-state index contributed by atoms with van der Waals surface area (Å²) in [6, 6.07) is 2.90. The maximum Gasteiger partial charge on any atom is 0.416 e. The number of nitrogen functional groups attached to an aromatic ring is 1. The first kappa shape index (κ1) is 14.8. The van der Waals surface area contributed by atoms with Crippen LogP contribution in [0.2, 0.25) is 0 Å². The van der Waals surface area contributed by atoms with E-state index in [1.807, 2.05) is 13.8 Å². The molecular formula is C11H17F3N2. The molecule has 0 saturated heterocycles. The fourth-order valence-corrected chi connectivity index (χ4v) is 1.10. The fraction of sp³-hybridized carbons (Fsp3) is 0.455. The van der Waals surface area contributed by atoms with Crippen LogP contribution >= 0.6 is 0 Å². The highest BCUT2D eigenvalue weighted by atomic mass is 19.4. The summed E-state index contributed by atoms with van der Waals surface area (Å²) in [4.78, 5) is 0. The van der Waals surface area contributed by atoms with Crippen molar-refractivity contribution in [1.82, 2.24) is 0 Å². The number of halogens is 3. The molecule has 0 heterocycles. The Morgan fingerprint density at radius 2 is 1.62 bits per heavy atom. The minimum absolute atomic E-state index is 0.0760. The largest absolute Gasteiger partial charge is 0.416 e. The van der Waals surface area contributed by atoms with Crippen LogP contribution in [-0.2, 0) is 6.18 Å². The molecule has 0 unspecified atom stereocenters.